The summed E-state index contributed by atoms with van der Waals surface area (Å²) in [6.45, 7) is 2.08. The highest BCUT2D eigenvalue weighted by Crippen LogP contribution is 2.26. The number of hydrogen-bond acceptors (Lipinski definition) is 3. The largest absolute Gasteiger partial charge is 0.495 e. The summed E-state index contributed by atoms with van der Waals surface area (Å²) in [4.78, 5) is 23.2. The zero-order chi connectivity index (χ0) is 15.9. The van der Waals surface area contributed by atoms with Crippen molar-refractivity contribution >= 4 is 17.5 Å². The molecule has 0 spiro atoms. The molecule has 0 bridgehead atoms. The molecule has 1 aromatic rings. The summed E-state index contributed by atoms with van der Waals surface area (Å²) in [5.41, 5.74) is 1.71. The van der Waals surface area contributed by atoms with Gasteiger partial charge in [-0.15, -0.1) is 0 Å². The van der Waals surface area contributed by atoms with Gasteiger partial charge >= 0.3 is 0 Å². The molecule has 1 fully saturated rings. The fraction of sp³-hybridized carbons (Fsp3) is 0.529. The van der Waals surface area contributed by atoms with E-state index in [2.05, 4.69) is 10.6 Å². The van der Waals surface area contributed by atoms with Crippen LogP contribution in [0.5, 0.6) is 5.75 Å². The van der Waals surface area contributed by atoms with Crippen molar-refractivity contribution in [1.82, 2.24) is 5.32 Å². The fourth-order valence-corrected chi connectivity index (χ4v) is 2.86. The quantitative estimate of drug-likeness (QED) is 0.848. The van der Waals surface area contributed by atoms with E-state index in [0.717, 1.165) is 37.7 Å². The summed E-state index contributed by atoms with van der Waals surface area (Å²) in [5.74, 6) is 0.873. The molecular formula is C17H24N2O3. The molecule has 22 heavy (non-hydrogen) atoms. The van der Waals surface area contributed by atoms with Gasteiger partial charge in [-0.25, -0.2) is 0 Å². The molecular weight excluding hydrogens is 280 g/mol. The molecule has 0 aromatic heterocycles. The van der Waals surface area contributed by atoms with Crippen LogP contribution in [0, 0.1) is 5.92 Å². The van der Waals surface area contributed by atoms with Crippen molar-refractivity contribution in [3.05, 3.63) is 23.8 Å². The Kier molecular flexibility index (Phi) is 5.81. The Balaban J connectivity index is 1.89. The lowest BCUT2D eigenvalue weighted by Crippen LogP contribution is -2.30. The molecule has 0 aliphatic heterocycles. The van der Waals surface area contributed by atoms with Crippen molar-refractivity contribution in [3.8, 4) is 5.75 Å². The summed E-state index contributed by atoms with van der Waals surface area (Å²) in [5, 5.41) is 5.76. The van der Waals surface area contributed by atoms with Gasteiger partial charge in [-0.2, -0.15) is 0 Å². The summed E-state index contributed by atoms with van der Waals surface area (Å²) < 4.78 is 5.23. The molecule has 2 N–H and O–H groups in total. The van der Waals surface area contributed by atoms with Gasteiger partial charge in [0.2, 0.25) is 11.8 Å². The molecule has 2 rings (SSSR count). The number of carbonyl (C=O) groups is 2. The van der Waals surface area contributed by atoms with Gasteiger partial charge in [-0.1, -0.05) is 18.9 Å². The van der Waals surface area contributed by atoms with E-state index in [4.69, 9.17) is 4.74 Å². The van der Waals surface area contributed by atoms with E-state index >= 15 is 0 Å². The third-order valence-corrected chi connectivity index (χ3v) is 4.01. The molecule has 0 saturated heterocycles. The molecule has 1 saturated carbocycles. The first-order valence-corrected chi connectivity index (χ1v) is 7.82. The fourth-order valence-electron chi connectivity index (χ4n) is 2.86. The summed E-state index contributed by atoms with van der Waals surface area (Å²) in [6.07, 6.45) is 5.09. The number of anilines is 1. The van der Waals surface area contributed by atoms with Crippen molar-refractivity contribution in [3.63, 3.8) is 0 Å². The van der Waals surface area contributed by atoms with Crippen LogP contribution >= 0.6 is 0 Å². The van der Waals surface area contributed by atoms with Crippen LogP contribution in [-0.4, -0.2) is 25.5 Å². The Labute approximate surface area is 131 Å². The molecule has 0 heterocycles. The normalized spacial score (nSPS) is 14.6. The van der Waals surface area contributed by atoms with Crippen LogP contribution in [0.25, 0.3) is 0 Å². The van der Waals surface area contributed by atoms with Gasteiger partial charge in [0.1, 0.15) is 5.75 Å². The Bertz CT molecular complexity index is 537. The lowest BCUT2D eigenvalue weighted by atomic mass is 10.1. The maximum absolute atomic E-state index is 12.0. The minimum Gasteiger partial charge on any atom is -0.495 e. The Hall–Kier alpha value is -2.04. The van der Waals surface area contributed by atoms with E-state index in [1.165, 1.54) is 6.92 Å². The Morgan fingerprint density at radius 2 is 2.00 bits per heavy atom. The van der Waals surface area contributed by atoms with Gasteiger partial charge in [0.25, 0.3) is 0 Å². The second-order valence-corrected chi connectivity index (χ2v) is 5.74. The predicted molar refractivity (Wildman–Crippen MR) is 86.0 cm³/mol. The molecule has 0 unspecified atom stereocenters. The van der Waals surface area contributed by atoms with Gasteiger partial charge in [0.05, 0.1) is 12.8 Å². The first-order chi connectivity index (χ1) is 10.6. The second-order valence-electron chi connectivity index (χ2n) is 5.74. The van der Waals surface area contributed by atoms with E-state index < -0.39 is 0 Å². The highest BCUT2D eigenvalue weighted by Gasteiger charge is 2.21. The zero-order valence-corrected chi connectivity index (χ0v) is 13.3. The van der Waals surface area contributed by atoms with Crippen LogP contribution < -0.4 is 15.4 Å². The average Bonchev–Trinajstić information content (AvgIpc) is 3.01. The molecule has 120 valence electrons. The average molecular weight is 304 g/mol. The number of hydrogen-bond donors (Lipinski definition) is 2. The summed E-state index contributed by atoms with van der Waals surface area (Å²) >= 11 is 0. The first-order valence-electron chi connectivity index (χ1n) is 7.82. The van der Waals surface area contributed by atoms with Crippen molar-refractivity contribution < 1.29 is 14.3 Å². The molecule has 0 radical (unpaired) electrons. The third kappa shape index (κ3) is 4.48. The smallest absolute Gasteiger partial charge is 0.223 e. The van der Waals surface area contributed by atoms with Gasteiger partial charge in [-0.3, -0.25) is 9.59 Å². The monoisotopic (exact) mass is 304 g/mol. The van der Waals surface area contributed by atoms with Crippen LogP contribution in [0.4, 0.5) is 5.69 Å². The Morgan fingerprint density at radius 3 is 2.64 bits per heavy atom. The van der Waals surface area contributed by atoms with Crippen molar-refractivity contribution in [2.24, 2.45) is 5.92 Å². The third-order valence-electron chi connectivity index (χ3n) is 4.01. The van der Waals surface area contributed by atoms with Crippen molar-refractivity contribution in [1.29, 1.82) is 0 Å². The highest BCUT2D eigenvalue weighted by atomic mass is 16.5. The molecule has 5 nitrogen and oxygen atoms in total. The summed E-state index contributed by atoms with van der Waals surface area (Å²) in [6, 6.07) is 5.67. The topological polar surface area (TPSA) is 67.4 Å². The van der Waals surface area contributed by atoms with Gasteiger partial charge in [0.15, 0.2) is 0 Å². The van der Waals surface area contributed by atoms with Crippen LogP contribution in [-0.2, 0) is 16.0 Å². The predicted octanol–water partition coefficient (Wildman–Crippen LogP) is 2.50. The van der Waals surface area contributed by atoms with E-state index in [9.17, 15) is 9.59 Å². The SMILES string of the molecule is COc1ccc(CCNC(=O)C2CCCC2)cc1NC(C)=O. The number of rotatable bonds is 6. The lowest BCUT2D eigenvalue weighted by molar-refractivity contribution is -0.124. The van der Waals surface area contributed by atoms with Crippen LogP contribution in [0.3, 0.4) is 0 Å². The van der Waals surface area contributed by atoms with Crippen LogP contribution in [0.1, 0.15) is 38.2 Å². The standard InChI is InChI=1S/C17H24N2O3/c1-12(20)19-15-11-13(7-8-16(15)22-2)9-10-18-17(21)14-5-3-4-6-14/h7-8,11,14H,3-6,9-10H2,1-2H3,(H,18,21)(H,19,20). The molecule has 1 aromatic carbocycles. The van der Waals surface area contributed by atoms with Crippen LogP contribution in [0.2, 0.25) is 0 Å². The zero-order valence-electron chi connectivity index (χ0n) is 13.3. The van der Waals surface area contributed by atoms with Gasteiger partial charge < -0.3 is 15.4 Å². The number of benzene rings is 1. The molecule has 5 heteroatoms. The maximum atomic E-state index is 12.0. The number of nitrogens with one attached hydrogen (secondary N) is 2. The molecule has 0 atom stereocenters. The number of ether oxygens (including phenoxy) is 1. The van der Waals surface area contributed by atoms with E-state index in [0.29, 0.717) is 18.0 Å². The van der Waals surface area contributed by atoms with E-state index in [-0.39, 0.29) is 17.7 Å². The minimum absolute atomic E-state index is 0.134. The van der Waals surface area contributed by atoms with Gasteiger partial charge in [0, 0.05) is 19.4 Å². The van der Waals surface area contributed by atoms with E-state index in [1.807, 2.05) is 18.2 Å². The molecule has 1 aliphatic carbocycles. The van der Waals surface area contributed by atoms with E-state index in [1.54, 1.807) is 7.11 Å². The second kappa shape index (κ2) is 7.82. The molecule has 1 aliphatic rings. The number of methoxy groups -OCH3 is 1. The maximum Gasteiger partial charge on any atom is 0.223 e. The summed E-state index contributed by atoms with van der Waals surface area (Å²) in [7, 11) is 1.57. The highest BCUT2D eigenvalue weighted by molar-refractivity contribution is 5.90. The minimum atomic E-state index is -0.134. The van der Waals surface area contributed by atoms with Crippen molar-refractivity contribution in [2.75, 3.05) is 19.0 Å². The lowest BCUT2D eigenvalue weighted by Gasteiger charge is -2.12. The molecule has 2 amide bonds. The number of amides is 2. The number of carbonyl (C=O) groups excluding carboxylic acids is 2. The van der Waals surface area contributed by atoms with Crippen LogP contribution in [0.15, 0.2) is 18.2 Å². The Morgan fingerprint density at radius 1 is 1.27 bits per heavy atom. The van der Waals surface area contributed by atoms with Crippen molar-refractivity contribution in [2.45, 2.75) is 39.0 Å². The first kappa shape index (κ1) is 16.3. The van der Waals surface area contributed by atoms with Gasteiger partial charge in [-0.05, 0) is 37.0 Å².